The third-order valence-corrected chi connectivity index (χ3v) is 5.96. The average molecular weight is 451 g/mol. The second kappa shape index (κ2) is 10.6. The number of hydrogen-bond acceptors (Lipinski definition) is 6. The Labute approximate surface area is 193 Å². The smallest absolute Gasteiger partial charge is 0.274 e. The molecule has 174 valence electrons. The number of carbonyl (C=O) groups is 1. The number of fused-ring (bicyclic) bond motifs is 1. The van der Waals surface area contributed by atoms with Crippen molar-refractivity contribution in [2.45, 2.75) is 25.9 Å². The van der Waals surface area contributed by atoms with Crippen molar-refractivity contribution in [1.82, 2.24) is 20.0 Å². The zero-order valence-corrected chi connectivity index (χ0v) is 19.1. The van der Waals surface area contributed by atoms with Crippen molar-refractivity contribution in [2.24, 2.45) is 0 Å². The highest BCUT2D eigenvalue weighted by molar-refractivity contribution is 6.04. The topological polar surface area (TPSA) is 85.7 Å². The monoisotopic (exact) mass is 450 g/mol. The van der Waals surface area contributed by atoms with Crippen molar-refractivity contribution < 1.29 is 14.3 Å². The van der Waals surface area contributed by atoms with E-state index in [0.717, 1.165) is 30.8 Å². The normalized spacial score (nSPS) is 15.3. The zero-order valence-electron chi connectivity index (χ0n) is 19.1. The lowest BCUT2D eigenvalue weighted by Gasteiger charge is -2.35. The number of nitrogens with zero attached hydrogens (tertiary/aromatic N) is 3. The number of amides is 1. The molecule has 8 heteroatoms. The molecule has 0 aliphatic carbocycles. The van der Waals surface area contributed by atoms with Gasteiger partial charge in [-0.05, 0) is 30.2 Å². The molecule has 1 atom stereocenters. The number of morpholine rings is 1. The number of ether oxygens (including phenoxy) is 2. The molecule has 1 aromatic heterocycles. The highest BCUT2D eigenvalue weighted by atomic mass is 16.5. The Balaban J connectivity index is 1.61. The first-order valence-electron chi connectivity index (χ1n) is 11.4. The van der Waals surface area contributed by atoms with Crippen LogP contribution < -0.4 is 15.6 Å². The molecule has 1 amide bonds. The van der Waals surface area contributed by atoms with Gasteiger partial charge in [0.2, 0.25) is 0 Å². The number of benzene rings is 2. The molecule has 8 nitrogen and oxygen atoms in total. The fourth-order valence-electron chi connectivity index (χ4n) is 4.21. The van der Waals surface area contributed by atoms with E-state index < -0.39 is 0 Å². The van der Waals surface area contributed by atoms with Crippen LogP contribution in [-0.2, 0) is 11.3 Å². The van der Waals surface area contributed by atoms with Crippen LogP contribution in [0.15, 0.2) is 53.3 Å². The Morgan fingerprint density at radius 3 is 2.48 bits per heavy atom. The van der Waals surface area contributed by atoms with Gasteiger partial charge in [0.15, 0.2) is 5.69 Å². The average Bonchev–Trinajstić information content (AvgIpc) is 2.87. The van der Waals surface area contributed by atoms with Gasteiger partial charge in [-0.1, -0.05) is 37.3 Å². The van der Waals surface area contributed by atoms with Crippen molar-refractivity contribution in [3.8, 4) is 5.75 Å². The molecule has 3 aromatic rings. The Morgan fingerprint density at radius 1 is 1.12 bits per heavy atom. The molecule has 2 aromatic carbocycles. The first kappa shape index (κ1) is 22.9. The number of aryl methyl sites for hydroxylation is 1. The summed E-state index contributed by atoms with van der Waals surface area (Å²) in [6, 6.07) is 15.0. The van der Waals surface area contributed by atoms with Crippen LogP contribution in [0.3, 0.4) is 0 Å². The summed E-state index contributed by atoms with van der Waals surface area (Å²) in [5.74, 6) is 0.500. The minimum absolute atomic E-state index is 0.0171. The Kier molecular flexibility index (Phi) is 7.36. The van der Waals surface area contributed by atoms with Crippen LogP contribution in [0.5, 0.6) is 5.75 Å². The molecule has 0 unspecified atom stereocenters. The van der Waals surface area contributed by atoms with Gasteiger partial charge in [0.25, 0.3) is 11.5 Å². The quantitative estimate of drug-likeness (QED) is 0.568. The molecular weight excluding hydrogens is 420 g/mol. The second-order valence-corrected chi connectivity index (χ2v) is 8.07. The lowest BCUT2D eigenvalue weighted by molar-refractivity contribution is 0.0162. The molecule has 0 radical (unpaired) electrons. The maximum atomic E-state index is 13.3. The summed E-state index contributed by atoms with van der Waals surface area (Å²) >= 11 is 0. The van der Waals surface area contributed by atoms with Gasteiger partial charge in [0.1, 0.15) is 5.75 Å². The van der Waals surface area contributed by atoms with Gasteiger partial charge in [-0.3, -0.25) is 14.5 Å². The number of aromatic nitrogens is 2. The molecule has 0 spiro atoms. The van der Waals surface area contributed by atoms with Crippen LogP contribution in [-0.4, -0.2) is 60.5 Å². The maximum Gasteiger partial charge on any atom is 0.274 e. The van der Waals surface area contributed by atoms with Crippen molar-refractivity contribution in [1.29, 1.82) is 0 Å². The largest absolute Gasteiger partial charge is 0.497 e. The molecule has 1 aliphatic heterocycles. The third-order valence-electron chi connectivity index (χ3n) is 5.96. The predicted octanol–water partition coefficient (Wildman–Crippen LogP) is 2.62. The molecule has 33 heavy (non-hydrogen) atoms. The van der Waals surface area contributed by atoms with E-state index in [2.05, 4.69) is 15.3 Å². The van der Waals surface area contributed by atoms with Crippen molar-refractivity contribution >= 4 is 16.7 Å². The number of rotatable bonds is 8. The van der Waals surface area contributed by atoms with E-state index >= 15 is 0 Å². The third kappa shape index (κ3) is 5.07. The van der Waals surface area contributed by atoms with Gasteiger partial charge < -0.3 is 14.8 Å². The number of carbonyl (C=O) groups excluding carboxylic acids is 1. The van der Waals surface area contributed by atoms with Crippen LogP contribution in [0.1, 0.15) is 35.4 Å². The number of nitrogens with one attached hydrogen (secondary N) is 1. The van der Waals surface area contributed by atoms with Crippen molar-refractivity contribution in [3.63, 3.8) is 0 Å². The Morgan fingerprint density at radius 2 is 1.82 bits per heavy atom. The van der Waals surface area contributed by atoms with Crippen LogP contribution in [0.4, 0.5) is 0 Å². The van der Waals surface area contributed by atoms with E-state index in [-0.39, 0.29) is 23.2 Å². The highest BCUT2D eigenvalue weighted by Gasteiger charge is 2.24. The first-order chi connectivity index (χ1) is 16.1. The van der Waals surface area contributed by atoms with E-state index in [4.69, 9.17) is 9.47 Å². The summed E-state index contributed by atoms with van der Waals surface area (Å²) in [7, 11) is 1.64. The zero-order chi connectivity index (χ0) is 23.2. The van der Waals surface area contributed by atoms with Crippen LogP contribution in [0.2, 0.25) is 0 Å². The summed E-state index contributed by atoms with van der Waals surface area (Å²) in [4.78, 5) is 28.4. The fourth-order valence-corrected chi connectivity index (χ4v) is 4.21. The van der Waals surface area contributed by atoms with Gasteiger partial charge in [0.05, 0.1) is 31.8 Å². The van der Waals surface area contributed by atoms with Crippen molar-refractivity contribution in [2.75, 3.05) is 40.0 Å². The van der Waals surface area contributed by atoms with Crippen LogP contribution >= 0.6 is 0 Å². The fraction of sp³-hybridized carbons (Fsp3) is 0.400. The molecule has 1 aliphatic rings. The lowest BCUT2D eigenvalue weighted by atomic mass is 10.0. The molecule has 1 N–H and O–H groups in total. The number of methoxy groups -OCH3 is 1. The van der Waals surface area contributed by atoms with E-state index in [9.17, 15) is 9.59 Å². The first-order valence-corrected chi connectivity index (χ1v) is 11.4. The van der Waals surface area contributed by atoms with E-state index in [1.54, 1.807) is 25.3 Å². The molecule has 1 saturated heterocycles. The predicted molar refractivity (Wildman–Crippen MR) is 127 cm³/mol. The maximum absolute atomic E-state index is 13.3. The summed E-state index contributed by atoms with van der Waals surface area (Å²) in [5.41, 5.74) is 1.19. The van der Waals surface area contributed by atoms with E-state index in [1.165, 1.54) is 4.68 Å². The molecule has 2 heterocycles. The highest BCUT2D eigenvalue weighted by Crippen LogP contribution is 2.24. The summed E-state index contributed by atoms with van der Waals surface area (Å²) in [6.07, 6.45) is 0.753. The Hall–Kier alpha value is -3.23. The van der Waals surface area contributed by atoms with Crippen LogP contribution in [0, 0.1) is 0 Å². The van der Waals surface area contributed by atoms with Crippen LogP contribution in [0.25, 0.3) is 10.8 Å². The minimum atomic E-state index is -0.289. The van der Waals surface area contributed by atoms with Crippen molar-refractivity contribution in [3.05, 3.63) is 70.1 Å². The molecule has 0 bridgehead atoms. The van der Waals surface area contributed by atoms with Gasteiger partial charge in [-0.2, -0.15) is 5.10 Å². The van der Waals surface area contributed by atoms with E-state index in [0.29, 0.717) is 37.1 Å². The Bertz CT molecular complexity index is 1150. The number of hydrogen-bond donors (Lipinski definition) is 1. The molecule has 0 saturated carbocycles. The molecule has 4 rings (SSSR count). The minimum Gasteiger partial charge on any atom is -0.497 e. The standard InChI is InChI=1S/C25H30N4O4/c1-3-12-29-25(31)21-7-5-4-6-20(21)23(27-29)24(30)26-17-22(28-13-15-33-16-14-28)18-8-10-19(32-2)11-9-18/h4-11,22H,3,12-17H2,1-2H3,(H,26,30)/t22-/m1/s1. The molecule has 1 fully saturated rings. The second-order valence-electron chi connectivity index (χ2n) is 8.07. The lowest BCUT2D eigenvalue weighted by Crippen LogP contribution is -2.44. The summed E-state index contributed by atoms with van der Waals surface area (Å²) in [5, 5.41) is 8.57. The summed E-state index contributed by atoms with van der Waals surface area (Å²) < 4.78 is 12.2. The van der Waals surface area contributed by atoms with Gasteiger partial charge >= 0.3 is 0 Å². The SMILES string of the molecule is CCCn1nc(C(=O)NC[C@H](c2ccc(OC)cc2)N2CCOCC2)c2ccccc2c1=O. The summed E-state index contributed by atoms with van der Waals surface area (Å²) in [6.45, 7) is 5.75. The van der Waals surface area contributed by atoms with E-state index in [1.807, 2.05) is 37.3 Å². The van der Waals surface area contributed by atoms with Gasteiger partial charge in [0, 0.05) is 31.6 Å². The van der Waals surface area contributed by atoms with Gasteiger partial charge in [-0.25, -0.2) is 4.68 Å². The van der Waals surface area contributed by atoms with Gasteiger partial charge in [-0.15, -0.1) is 0 Å². The molecular formula is C25H30N4O4.